The Bertz CT molecular complexity index is 352. The number of aromatic nitrogens is 2. The van der Waals surface area contributed by atoms with Crippen LogP contribution in [0.5, 0.6) is 0 Å². The van der Waals surface area contributed by atoms with Crippen LogP contribution in [-0.4, -0.2) is 16.0 Å². The minimum Gasteiger partial charge on any atom is -0.345 e. The summed E-state index contributed by atoms with van der Waals surface area (Å²) in [6.45, 7) is 5.23. The van der Waals surface area contributed by atoms with Crippen LogP contribution in [0.1, 0.15) is 82.4 Å². The quantitative estimate of drug-likeness (QED) is 0.872. The van der Waals surface area contributed by atoms with Crippen LogP contribution in [0.3, 0.4) is 0 Å². The molecule has 1 heterocycles. The highest BCUT2D eigenvalue weighted by atomic mass is 15.0. The molecule has 1 aliphatic rings. The van der Waals surface area contributed by atoms with E-state index < -0.39 is 0 Å². The molecule has 20 heavy (non-hydrogen) atoms. The van der Waals surface area contributed by atoms with Crippen molar-refractivity contribution in [3.63, 3.8) is 0 Å². The van der Waals surface area contributed by atoms with E-state index in [1.54, 1.807) is 0 Å². The molecule has 1 aromatic rings. The second-order valence-electron chi connectivity index (χ2n) is 6.47. The summed E-state index contributed by atoms with van der Waals surface area (Å²) in [6, 6.07) is 0.515. The van der Waals surface area contributed by atoms with E-state index in [1.165, 1.54) is 69.2 Å². The Hall–Kier alpha value is -0.830. The Kier molecular flexibility index (Phi) is 6.58. The summed E-state index contributed by atoms with van der Waals surface area (Å²) in [5.74, 6) is 1.12. The zero-order valence-corrected chi connectivity index (χ0v) is 13.3. The van der Waals surface area contributed by atoms with Gasteiger partial charge in [0.2, 0.25) is 0 Å². The number of nitrogens with one attached hydrogen (secondary N) is 2. The molecular formula is C17H31N3. The maximum absolute atomic E-state index is 4.83. The number of hydrogen-bond acceptors (Lipinski definition) is 2. The first-order valence-electron chi connectivity index (χ1n) is 8.55. The highest BCUT2D eigenvalue weighted by molar-refractivity contribution is 5.15. The Labute approximate surface area is 124 Å². The van der Waals surface area contributed by atoms with E-state index in [0.717, 1.165) is 18.8 Å². The molecule has 114 valence electrons. The molecule has 0 spiro atoms. The van der Waals surface area contributed by atoms with Crippen molar-refractivity contribution in [3.05, 3.63) is 17.2 Å². The predicted octanol–water partition coefficient (Wildman–Crippen LogP) is 4.13. The highest BCUT2D eigenvalue weighted by Crippen LogP contribution is 2.17. The lowest BCUT2D eigenvalue weighted by atomic mass is 10.0. The Morgan fingerprint density at radius 3 is 2.20 bits per heavy atom. The van der Waals surface area contributed by atoms with Gasteiger partial charge in [0.25, 0.3) is 0 Å². The summed E-state index contributed by atoms with van der Waals surface area (Å²) in [7, 11) is 0. The standard InChI is InChI=1S/C17H31N3/c1-14(2)18-13-17-19-15-11-9-7-5-3-4-6-8-10-12-16(15)20-17/h14,18H,3-13H2,1-2H3,(H,19,20). The van der Waals surface area contributed by atoms with Crippen LogP contribution >= 0.6 is 0 Å². The highest BCUT2D eigenvalue weighted by Gasteiger charge is 2.11. The molecule has 3 nitrogen and oxygen atoms in total. The molecule has 0 amide bonds. The third-order valence-electron chi connectivity index (χ3n) is 4.18. The average Bonchev–Trinajstić information content (AvgIpc) is 2.79. The van der Waals surface area contributed by atoms with E-state index in [-0.39, 0.29) is 0 Å². The Morgan fingerprint density at radius 1 is 0.950 bits per heavy atom. The number of rotatable bonds is 3. The van der Waals surface area contributed by atoms with Gasteiger partial charge in [-0.3, -0.25) is 0 Å². The van der Waals surface area contributed by atoms with Gasteiger partial charge < -0.3 is 10.3 Å². The van der Waals surface area contributed by atoms with Crippen LogP contribution in [0.25, 0.3) is 0 Å². The molecule has 0 saturated carbocycles. The van der Waals surface area contributed by atoms with E-state index in [1.807, 2.05) is 0 Å². The SMILES string of the molecule is CC(C)NCc1nc2c([nH]1)CCCCCCCCCC2. The minimum atomic E-state index is 0.515. The summed E-state index contributed by atoms with van der Waals surface area (Å²) in [5, 5.41) is 3.45. The third-order valence-corrected chi connectivity index (χ3v) is 4.18. The van der Waals surface area contributed by atoms with E-state index in [9.17, 15) is 0 Å². The molecule has 0 saturated heterocycles. The number of aryl methyl sites for hydroxylation is 2. The largest absolute Gasteiger partial charge is 0.345 e. The molecule has 3 heteroatoms. The van der Waals surface area contributed by atoms with Crippen LogP contribution in [-0.2, 0) is 19.4 Å². The van der Waals surface area contributed by atoms with Crippen molar-refractivity contribution < 1.29 is 0 Å². The molecule has 0 fully saturated rings. The van der Waals surface area contributed by atoms with E-state index >= 15 is 0 Å². The van der Waals surface area contributed by atoms with E-state index in [4.69, 9.17) is 4.98 Å². The van der Waals surface area contributed by atoms with Crippen LogP contribution < -0.4 is 5.32 Å². The topological polar surface area (TPSA) is 40.7 Å². The fourth-order valence-corrected chi connectivity index (χ4v) is 2.96. The third kappa shape index (κ3) is 5.28. The lowest BCUT2D eigenvalue weighted by molar-refractivity contribution is 0.556. The zero-order chi connectivity index (χ0) is 14.2. The first-order valence-corrected chi connectivity index (χ1v) is 8.55. The number of fused-ring (bicyclic) bond motifs is 1. The van der Waals surface area contributed by atoms with E-state index in [2.05, 4.69) is 24.1 Å². The summed E-state index contributed by atoms with van der Waals surface area (Å²) < 4.78 is 0. The second-order valence-corrected chi connectivity index (χ2v) is 6.47. The Balaban J connectivity index is 1.97. The van der Waals surface area contributed by atoms with Gasteiger partial charge in [0.05, 0.1) is 12.2 Å². The van der Waals surface area contributed by atoms with Gasteiger partial charge in [0, 0.05) is 11.7 Å². The van der Waals surface area contributed by atoms with Gasteiger partial charge in [-0.05, 0) is 25.7 Å². The van der Waals surface area contributed by atoms with Crippen molar-refractivity contribution >= 4 is 0 Å². The molecule has 0 aliphatic heterocycles. The maximum atomic E-state index is 4.83. The number of nitrogens with zero attached hydrogens (tertiary/aromatic N) is 1. The van der Waals surface area contributed by atoms with Crippen molar-refractivity contribution in [1.29, 1.82) is 0 Å². The summed E-state index contributed by atoms with van der Waals surface area (Å²) in [4.78, 5) is 8.40. The molecule has 2 N–H and O–H groups in total. The first-order chi connectivity index (χ1) is 9.75. The predicted molar refractivity (Wildman–Crippen MR) is 84.9 cm³/mol. The van der Waals surface area contributed by atoms with Crippen molar-refractivity contribution in [2.24, 2.45) is 0 Å². The lowest BCUT2D eigenvalue weighted by Gasteiger charge is -2.06. The maximum Gasteiger partial charge on any atom is 0.120 e. The summed E-state index contributed by atoms with van der Waals surface area (Å²) >= 11 is 0. The molecular weight excluding hydrogens is 246 g/mol. The molecule has 0 atom stereocenters. The van der Waals surface area contributed by atoms with Crippen molar-refractivity contribution in [3.8, 4) is 0 Å². The molecule has 0 aromatic carbocycles. The normalized spacial score (nSPS) is 18.4. The summed E-state index contributed by atoms with van der Waals surface area (Å²) in [6.07, 6.45) is 13.4. The molecule has 1 aromatic heterocycles. The molecule has 2 rings (SSSR count). The van der Waals surface area contributed by atoms with Crippen LogP contribution in [0.15, 0.2) is 0 Å². The first kappa shape index (κ1) is 15.6. The molecule has 0 unspecified atom stereocenters. The van der Waals surface area contributed by atoms with Gasteiger partial charge >= 0.3 is 0 Å². The fourth-order valence-electron chi connectivity index (χ4n) is 2.96. The fraction of sp³-hybridized carbons (Fsp3) is 0.824. The smallest absolute Gasteiger partial charge is 0.120 e. The minimum absolute atomic E-state index is 0.515. The van der Waals surface area contributed by atoms with Gasteiger partial charge in [-0.25, -0.2) is 4.98 Å². The van der Waals surface area contributed by atoms with Crippen LogP contribution in [0, 0.1) is 0 Å². The van der Waals surface area contributed by atoms with Gasteiger partial charge in [-0.15, -0.1) is 0 Å². The molecule has 1 aliphatic carbocycles. The molecule has 0 radical (unpaired) electrons. The number of aromatic amines is 1. The van der Waals surface area contributed by atoms with Crippen LogP contribution in [0.2, 0.25) is 0 Å². The Morgan fingerprint density at radius 2 is 1.55 bits per heavy atom. The zero-order valence-electron chi connectivity index (χ0n) is 13.3. The van der Waals surface area contributed by atoms with Gasteiger partial charge in [0.15, 0.2) is 0 Å². The van der Waals surface area contributed by atoms with Crippen molar-refractivity contribution in [1.82, 2.24) is 15.3 Å². The van der Waals surface area contributed by atoms with Gasteiger partial charge in [0.1, 0.15) is 5.82 Å². The number of H-pyrrole nitrogens is 1. The van der Waals surface area contributed by atoms with Gasteiger partial charge in [-0.1, -0.05) is 52.4 Å². The van der Waals surface area contributed by atoms with Crippen molar-refractivity contribution in [2.45, 2.75) is 90.6 Å². The van der Waals surface area contributed by atoms with Crippen molar-refractivity contribution in [2.75, 3.05) is 0 Å². The molecule has 0 bridgehead atoms. The monoisotopic (exact) mass is 277 g/mol. The van der Waals surface area contributed by atoms with E-state index in [0.29, 0.717) is 6.04 Å². The van der Waals surface area contributed by atoms with Crippen LogP contribution in [0.4, 0.5) is 0 Å². The number of imidazole rings is 1. The second kappa shape index (κ2) is 8.46. The number of hydrogen-bond donors (Lipinski definition) is 2. The van der Waals surface area contributed by atoms with Gasteiger partial charge in [-0.2, -0.15) is 0 Å². The summed E-state index contributed by atoms with van der Waals surface area (Å²) in [5.41, 5.74) is 2.75. The average molecular weight is 277 g/mol. The lowest BCUT2D eigenvalue weighted by Crippen LogP contribution is -2.22.